The number of aliphatic imine (C=N–C) groups is 1. The Morgan fingerprint density at radius 1 is 1.00 bits per heavy atom. The molecule has 0 aliphatic heterocycles. The van der Waals surface area contributed by atoms with Crippen molar-refractivity contribution in [2.75, 3.05) is 59.8 Å². The molecule has 0 unspecified atom stereocenters. The maximum Gasteiger partial charge on any atom is 0.191 e. The number of guanidine groups is 1. The minimum absolute atomic E-state index is 0.644. The molecule has 0 atom stereocenters. The fraction of sp³-hybridized carbons (Fsp3) is 0.923. The second kappa shape index (κ2) is 15.2. The second-order valence-electron chi connectivity index (χ2n) is 3.84. The van der Waals surface area contributed by atoms with E-state index in [1.54, 1.807) is 7.11 Å². The third kappa shape index (κ3) is 13.4. The average Bonchev–Trinajstić information content (AvgIpc) is 2.42. The number of nitrogens with zero attached hydrogens (tertiary/aromatic N) is 1. The van der Waals surface area contributed by atoms with E-state index >= 15 is 0 Å². The summed E-state index contributed by atoms with van der Waals surface area (Å²) in [4.78, 5) is 4.46. The maximum atomic E-state index is 5.37. The molecular formula is C13H29N3O3. The number of hydrogen-bond donors (Lipinski definition) is 2. The van der Waals surface area contributed by atoms with E-state index in [0.717, 1.165) is 38.6 Å². The van der Waals surface area contributed by atoms with Gasteiger partial charge in [-0.25, -0.2) is 0 Å². The highest BCUT2D eigenvalue weighted by atomic mass is 16.5. The predicted octanol–water partition coefficient (Wildman–Crippen LogP) is 0.631. The molecule has 0 heterocycles. The second-order valence-corrected chi connectivity index (χ2v) is 3.84. The molecule has 0 saturated heterocycles. The van der Waals surface area contributed by atoms with Gasteiger partial charge in [-0.1, -0.05) is 0 Å². The summed E-state index contributed by atoms with van der Waals surface area (Å²) in [6.07, 6.45) is 0.908. The third-order valence-electron chi connectivity index (χ3n) is 2.24. The van der Waals surface area contributed by atoms with Crippen molar-refractivity contribution >= 4 is 5.96 Å². The van der Waals surface area contributed by atoms with Gasteiger partial charge >= 0.3 is 0 Å². The molecule has 0 aliphatic rings. The van der Waals surface area contributed by atoms with Crippen molar-refractivity contribution in [3.8, 4) is 0 Å². The van der Waals surface area contributed by atoms with E-state index in [0.29, 0.717) is 26.4 Å². The standard InChI is InChI=1S/C13H29N3O3/c1-4-14-13(16-8-10-18-5-2)15-7-6-9-19-12-11-17-3/h4-12H2,1-3H3,(H2,14,15,16). The number of ether oxygens (including phenoxy) is 3. The summed E-state index contributed by atoms with van der Waals surface area (Å²) < 4.78 is 15.5. The Hall–Kier alpha value is -0.850. The van der Waals surface area contributed by atoms with Crippen molar-refractivity contribution < 1.29 is 14.2 Å². The lowest BCUT2D eigenvalue weighted by atomic mass is 10.4. The molecule has 19 heavy (non-hydrogen) atoms. The summed E-state index contributed by atoms with van der Waals surface area (Å²) in [6.45, 7) is 9.85. The molecule has 6 heteroatoms. The molecule has 0 rings (SSSR count). The zero-order valence-corrected chi connectivity index (χ0v) is 12.5. The van der Waals surface area contributed by atoms with Crippen LogP contribution in [0.1, 0.15) is 20.3 Å². The monoisotopic (exact) mass is 275 g/mol. The Kier molecular flexibility index (Phi) is 14.5. The van der Waals surface area contributed by atoms with Crippen molar-refractivity contribution in [2.24, 2.45) is 4.99 Å². The van der Waals surface area contributed by atoms with Crippen LogP contribution < -0.4 is 10.6 Å². The predicted molar refractivity (Wildman–Crippen MR) is 77.8 cm³/mol. The van der Waals surface area contributed by atoms with E-state index in [4.69, 9.17) is 14.2 Å². The zero-order valence-electron chi connectivity index (χ0n) is 12.5. The summed E-state index contributed by atoms with van der Waals surface area (Å²) in [5, 5.41) is 6.41. The highest BCUT2D eigenvalue weighted by Crippen LogP contribution is 1.85. The molecule has 0 aromatic rings. The number of hydrogen-bond acceptors (Lipinski definition) is 4. The van der Waals surface area contributed by atoms with E-state index in [-0.39, 0.29) is 0 Å². The topological polar surface area (TPSA) is 64.1 Å². The maximum absolute atomic E-state index is 5.37. The lowest BCUT2D eigenvalue weighted by Crippen LogP contribution is -2.39. The molecule has 6 nitrogen and oxygen atoms in total. The van der Waals surface area contributed by atoms with Crippen molar-refractivity contribution in [3.63, 3.8) is 0 Å². The molecule has 114 valence electrons. The van der Waals surface area contributed by atoms with Gasteiger partial charge in [0.15, 0.2) is 5.96 Å². The SMILES string of the molecule is CCNC(=NCCCOCCOC)NCCOCC. The van der Waals surface area contributed by atoms with Gasteiger partial charge in [0, 0.05) is 40.0 Å². The Morgan fingerprint density at radius 3 is 2.53 bits per heavy atom. The summed E-state index contributed by atoms with van der Waals surface area (Å²) in [7, 11) is 1.67. The molecule has 0 aliphatic carbocycles. The highest BCUT2D eigenvalue weighted by molar-refractivity contribution is 5.79. The first-order chi connectivity index (χ1) is 9.35. The first kappa shape index (κ1) is 18.1. The summed E-state index contributed by atoms with van der Waals surface area (Å²) >= 11 is 0. The van der Waals surface area contributed by atoms with Crippen molar-refractivity contribution in [1.29, 1.82) is 0 Å². The van der Waals surface area contributed by atoms with Gasteiger partial charge in [-0.3, -0.25) is 4.99 Å². The summed E-state index contributed by atoms with van der Waals surface area (Å²) in [6, 6.07) is 0. The Balaban J connectivity index is 3.61. The molecule has 0 aromatic heterocycles. The van der Waals surface area contributed by atoms with Gasteiger partial charge < -0.3 is 24.8 Å². The minimum atomic E-state index is 0.644. The van der Waals surface area contributed by atoms with Crippen LogP contribution in [0.3, 0.4) is 0 Å². The van der Waals surface area contributed by atoms with Crippen LogP contribution in [0.15, 0.2) is 4.99 Å². The fourth-order valence-electron chi connectivity index (χ4n) is 1.33. The van der Waals surface area contributed by atoms with Gasteiger partial charge in [0.2, 0.25) is 0 Å². The van der Waals surface area contributed by atoms with Crippen LogP contribution in [0.25, 0.3) is 0 Å². The van der Waals surface area contributed by atoms with Gasteiger partial charge in [0.1, 0.15) is 0 Å². The molecular weight excluding hydrogens is 246 g/mol. The Labute approximate surface area is 116 Å². The summed E-state index contributed by atoms with van der Waals surface area (Å²) in [5.41, 5.74) is 0. The van der Waals surface area contributed by atoms with E-state index in [2.05, 4.69) is 15.6 Å². The van der Waals surface area contributed by atoms with Gasteiger partial charge in [-0.2, -0.15) is 0 Å². The Morgan fingerprint density at radius 2 is 1.84 bits per heavy atom. The van der Waals surface area contributed by atoms with Crippen molar-refractivity contribution in [1.82, 2.24) is 10.6 Å². The smallest absolute Gasteiger partial charge is 0.191 e. The minimum Gasteiger partial charge on any atom is -0.382 e. The lowest BCUT2D eigenvalue weighted by Gasteiger charge is -2.11. The highest BCUT2D eigenvalue weighted by Gasteiger charge is 1.96. The van der Waals surface area contributed by atoms with E-state index in [1.165, 1.54) is 0 Å². The van der Waals surface area contributed by atoms with Gasteiger partial charge in [-0.05, 0) is 20.3 Å². The zero-order chi connectivity index (χ0) is 14.2. The molecule has 0 aromatic carbocycles. The number of methoxy groups -OCH3 is 1. The largest absolute Gasteiger partial charge is 0.382 e. The van der Waals surface area contributed by atoms with Crippen LogP contribution in [0.5, 0.6) is 0 Å². The molecule has 2 N–H and O–H groups in total. The van der Waals surface area contributed by atoms with Crippen molar-refractivity contribution in [3.05, 3.63) is 0 Å². The molecule has 0 fully saturated rings. The lowest BCUT2D eigenvalue weighted by molar-refractivity contribution is 0.0702. The fourth-order valence-corrected chi connectivity index (χ4v) is 1.33. The number of rotatable bonds is 12. The first-order valence-corrected chi connectivity index (χ1v) is 7.01. The van der Waals surface area contributed by atoms with E-state index in [9.17, 15) is 0 Å². The molecule has 0 saturated carbocycles. The first-order valence-electron chi connectivity index (χ1n) is 7.01. The molecule has 0 amide bonds. The molecule has 0 spiro atoms. The summed E-state index contributed by atoms with van der Waals surface area (Å²) in [5.74, 6) is 0.832. The van der Waals surface area contributed by atoms with E-state index < -0.39 is 0 Å². The average molecular weight is 275 g/mol. The van der Waals surface area contributed by atoms with Gasteiger partial charge in [0.25, 0.3) is 0 Å². The van der Waals surface area contributed by atoms with E-state index in [1.807, 2.05) is 13.8 Å². The van der Waals surface area contributed by atoms with Crippen LogP contribution in [0.2, 0.25) is 0 Å². The van der Waals surface area contributed by atoms with Crippen LogP contribution in [0, 0.1) is 0 Å². The van der Waals surface area contributed by atoms with Crippen LogP contribution in [-0.4, -0.2) is 65.7 Å². The van der Waals surface area contributed by atoms with Crippen LogP contribution in [-0.2, 0) is 14.2 Å². The van der Waals surface area contributed by atoms with Crippen LogP contribution >= 0.6 is 0 Å². The quantitative estimate of drug-likeness (QED) is 0.311. The van der Waals surface area contributed by atoms with Gasteiger partial charge in [0.05, 0.1) is 19.8 Å². The van der Waals surface area contributed by atoms with Crippen LogP contribution in [0.4, 0.5) is 0 Å². The molecule has 0 radical (unpaired) electrons. The molecule has 0 bridgehead atoms. The van der Waals surface area contributed by atoms with Crippen molar-refractivity contribution in [2.45, 2.75) is 20.3 Å². The van der Waals surface area contributed by atoms with Gasteiger partial charge in [-0.15, -0.1) is 0 Å². The Bertz CT molecular complexity index is 213. The number of nitrogens with one attached hydrogen (secondary N) is 2. The third-order valence-corrected chi connectivity index (χ3v) is 2.24. The normalized spacial score (nSPS) is 11.6.